The number of ether oxygens (including phenoxy) is 3. The normalized spacial score (nSPS) is 38.7. The SMILES string of the molecule is [2H]c1c([2H])c(C2([2H])C([2H])([2H])CNC[C@]2([2H])COc2ccc3c(c2)OC([2H])([2H])O3)c([2H])c([2H])c1F. The second-order valence-electron chi connectivity index (χ2n) is 5.13. The summed E-state index contributed by atoms with van der Waals surface area (Å²) in [4.78, 5) is 0. The summed E-state index contributed by atoms with van der Waals surface area (Å²) in [6.07, 6.45) is -2.57. The number of benzene rings is 2. The molecule has 2 aromatic rings. The van der Waals surface area contributed by atoms with Gasteiger partial charge in [-0.1, -0.05) is 12.1 Å². The minimum atomic E-state index is -2.69. The summed E-state index contributed by atoms with van der Waals surface area (Å²) in [5.41, 5.74) is -0.729. The van der Waals surface area contributed by atoms with Crippen molar-refractivity contribution < 1.29 is 32.3 Å². The highest BCUT2D eigenvalue weighted by atomic mass is 19.1. The van der Waals surface area contributed by atoms with Gasteiger partial charge in [-0.3, -0.25) is 0 Å². The van der Waals surface area contributed by atoms with Crippen molar-refractivity contribution in [2.45, 2.75) is 12.3 Å². The molecule has 1 N–H and O–H groups in total. The summed E-state index contributed by atoms with van der Waals surface area (Å²) in [5, 5.41) is 2.71. The van der Waals surface area contributed by atoms with Crippen molar-refractivity contribution in [2.24, 2.45) is 5.89 Å². The molecular formula is C19H20FNO3. The van der Waals surface area contributed by atoms with Crippen LogP contribution >= 0.6 is 0 Å². The van der Waals surface area contributed by atoms with E-state index >= 15 is 0 Å². The highest BCUT2D eigenvalue weighted by molar-refractivity contribution is 5.46. The highest BCUT2D eigenvalue weighted by Gasteiger charge is 2.27. The molecule has 24 heavy (non-hydrogen) atoms. The molecule has 1 unspecified atom stereocenters. The Morgan fingerprint density at radius 2 is 2.12 bits per heavy atom. The van der Waals surface area contributed by atoms with Crippen molar-refractivity contribution in [2.75, 3.05) is 26.4 Å². The quantitative estimate of drug-likeness (QED) is 0.927. The van der Waals surface area contributed by atoms with E-state index in [4.69, 9.17) is 27.9 Å². The van der Waals surface area contributed by atoms with Crippen molar-refractivity contribution in [1.82, 2.24) is 5.32 Å². The van der Waals surface area contributed by atoms with Crippen molar-refractivity contribution in [1.29, 1.82) is 0 Å². The van der Waals surface area contributed by atoms with Gasteiger partial charge in [0.2, 0.25) is 6.75 Å². The van der Waals surface area contributed by atoms with Crippen LogP contribution in [0.15, 0.2) is 42.4 Å². The topological polar surface area (TPSA) is 39.7 Å². The molecule has 1 fully saturated rings. The lowest BCUT2D eigenvalue weighted by atomic mass is 9.81. The zero-order valence-corrected chi connectivity index (χ0v) is 12.5. The molecule has 126 valence electrons. The fraction of sp³-hybridized carbons (Fsp3) is 0.368. The number of rotatable bonds is 4. The lowest BCUT2D eigenvalue weighted by Crippen LogP contribution is -2.38. The molecule has 0 spiro atoms. The summed E-state index contributed by atoms with van der Waals surface area (Å²) in [5.74, 6) is -6.05. The van der Waals surface area contributed by atoms with Crippen LogP contribution in [0.5, 0.6) is 17.2 Å². The maximum absolute atomic E-state index is 14.1. The molecule has 0 aliphatic carbocycles. The fourth-order valence-electron chi connectivity index (χ4n) is 2.41. The van der Waals surface area contributed by atoms with E-state index in [0.717, 1.165) is 0 Å². The van der Waals surface area contributed by atoms with Gasteiger partial charge in [0, 0.05) is 24.0 Å². The zero-order valence-electron chi connectivity index (χ0n) is 22.5. The van der Waals surface area contributed by atoms with Gasteiger partial charge in [0.1, 0.15) is 14.3 Å². The Morgan fingerprint density at radius 3 is 3.00 bits per heavy atom. The Kier molecular flexibility index (Phi) is 2.16. The molecule has 2 aliphatic heterocycles. The van der Waals surface area contributed by atoms with Crippen LogP contribution in [0.3, 0.4) is 0 Å². The van der Waals surface area contributed by atoms with Crippen LogP contribution in [0.1, 0.15) is 31.5 Å². The maximum Gasteiger partial charge on any atom is 0.231 e. The van der Waals surface area contributed by atoms with E-state index in [9.17, 15) is 4.39 Å². The van der Waals surface area contributed by atoms with Gasteiger partial charge in [0.25, 0.3) is 0 Å². The van der Waals surface area contributed by atoms with E-state index in [2.05, 4.69) is 5.32 Å². The third-order valence-electron chi connectivity index (χ3n) is 3.56. The highest BCUT2D eigenvalue weighted by Crippen LogP contribution is 2.36. The van der Waals surface area contributed by atoms with Crippen molar-refractivity contribution >= 4 is 0 Å². The van der Waals surface area contributed by atoms with Crippen LogP contribution in [0.25, 0.3) is 0 Å². The first-order valence-corrected chi connectivity index (χ1v) is 7.25. The Morgan fingerprint density at radius 1 is 1.29 bits per heavy atom. The fourth-order valence-corrected chi connectivity index (χ4v) is 2.41. The van der Waals surface area contributed by atoms with E-state index < -0.39 is 73.6 Å². The molecule has 2 aliphatic rings. The largest absolute Gasteiger partial charge is 0.493 e. The number of nitrogens with one attached hydrogen (secondary N) is 1. The molecule has 0 saturated carbocycles. The van der Waals surface area contributed by atoms with Crippen LogP contribution in [-0.2, 0) is 0 Å². The van der Waals surface area contributed by atoms with Gasteiger partial charge < -0.3 is 19.5 Å². The summed E-state index contributed by atoms with van der Waals surface area (Å²) < 4.78 is 112. The molecule has 1 saturated heterocycles. The smallest absolute Gasteiger partial charge is 0.231 e. The number of hydrogen-bond acceptors (Lipinski definition) is 4. The van der Waals surface area contributed by atoms with Crippen LogP contribution in [-0.4, -0.2) is 26.4 Å². The summed E-state index contributed by atoms with van der Waals surface area (Å²) in [6, 6.07) is 0.115. The van der Waals surface area contributed by atoms with Crippen LogP contribution in [0, 0.1) is 11.7 Å². The number of halogens is 1. The predicted molar refractivity (Wildman–Crippen MR) is 88.2 cm³/mol. The van der Waals surface area contributed by atoms with E-state index in [1.54, 1.807) is 0 Å². The summed E-state index contributed by atoms with van der Waals surface area (Å²) in [6.45, 7) is -3.73. The number of fused-ring (bicyclic) bond motifs is 1. The molecule has 4 nitrogen and oxygen atoms in total. The first kappa shape index (κ1) is 7.74. The van der Waals surface area contributed by atoms with E-state index in [-0.39, 0.29) is 23.8 Å². The van der Waals surface area contributed by atoms with Crippen LogP contribution < -0.4 is 19.5 Å². The maximum atomic E-state index is 14.1. The Balaban J connectivity index is 1.75. The third kappa shape index (κ3) is 3.17. The first-order chi connectivity index (χ1) is 15.6. The second kappa shape index (κ2) is 6.69. The second-order valence-corrected chi connectivity index (χ2v) is 5.13. The zero-order chi connectivity index (χ0) is 25.3. The Hall–Kier alpha value is -2.27. The number of hydrogen-bond donors (Lipinski definition) is 1. The molecular weight excluding hydrogens is 309 g/mol. The molecule has 0 bridgehead atoms. The van der Waals surface area contributed by atoms with Crippen molar-refractivity contribution in [3.63, 3.8) is 0 Å². The molecule has 2 atom stereocenters. The van der Waals surface area contributed by atoms with E-state index in [0.29, 0.717) is 0 Å². The van der Waals surface area contributed by atoms with Crippen LogP contribution in [0.4, 0.5) is 4.39 Å². The molecule has 0 radical (unpaired) electrons. The van der Waals surface area contributed by atoms with Gasteiger partial charge in [-0.2, -0.15) is 0 Å². The third-order valence-corrected chi connectivity index (χ3v) is 3.56. The van der Waals surface area contributed by atoms with Gasteiger partial charge in [0.15, 0.2) is 11.5 Å². The average Bonchev–Trinajstić information content (AvgIpc) is 3.06. The van der Waals surface area contributed by atoms with E-state index in [1.807, 2.05) is 0 Å². The van der Waals surface area contributed by atoms with Gasteiger partial charge in [-0.15, -0.1) is 0 Å². The number of piperidine rings is 1. The van der Waals surface area contributed by atoms with Crippen molar-refractivity contribution in [3.05, 3.63) is 53.7 Å². The lowest BCUT2D eigenvalue weighted by Gasteiger charge is -2.32. The molecule has 4 rings (SSSR count). The Bertz CT molecular complexity index is 1140. The Labute approximate surface area is 154 Å². The molecule has 5 heteroatoms. The van der Waals surface area contributed by atoms with Gasteiger partial charge in [-0.05, 0) is 48.6 Å². The molecule has 2 heterocycles. The van der Waals surface area contributed by atoms with Gasteiger partial charge in [0.05, 0.1) is 12.1 Å². The van der Waals surface area contributed by atoms with Crippen molar-refractivity contribution in [3.8, 4) is 17.2 Å². The summed E-state index contributed by atoms with van der Waals surface area (Å²) in [7, 11) is 0. The lowest BCUT2D eigenvalue weighted by molar-refractivity contribution is 0.173. The van der Waals surface area contributed by atoms with Gasteiger partial charge in [-0.25, -0.2) is 4.39 Å². The summed E-state index contributed by atoms with van der Waals surface area (Å²) >= 11 is 0. The molecule has 0 amide bonds. The minimum absolute atomic E-state index is 0.0360. The van der Waals surface area contributed by atoms with Gasteiger partial charge >= 0.3 is 0 Å². The first-order valence-electron chi connectivity index (χ1n) is 12.3. The molecule has 2 aromatic carbocycles. The minimum Gasteiger partial charge on any atom is -0.493 e. The standard InChI is InChI=1S/C19H20FNO3/c20-15-3-1-13(2-4-15)17-7-8-21-10-14(17)11-22-16-5-6-18-19(9-16)24-12-23-18/h1-6,9,14,17,21H,7-8,10-12H2/t14-,17?/m1/s1/i1D,2D,3D,4D,7D2,12D2,14D,17D. The van der Waals surface area contributed by atoms with E-state index in [1.165, 1.54) is 18.2 Å². The monoisotopic (exact) mass is 339 g/mol. The van der Waals surface area contributed by atoms with Crippen LogP contribution in [0.2, 0.25) is 0 Å². The molecule has 0 aromatic heterocycles. The average molecular weight is 339 g/mol. The predicted octanol–water partition coefficient (Wildman–Crippen LogP) is 3.33.